The van der Waals surface area contributed by atoms with Crippen LogP contribution in [0.15, 0.2) is 6.07 Å². The lowest BCUT2D eigenvalue weighted by molar-refractivity contribution is 0.243. The molecule has 108 valence electrons. The third kappa shape index (κ3) is 1.95. The summed E-state index contributed by atoms with van der Waals surface area (Å²) < 4.78 is 0. The van der Waals surface area contributed by atoms with Crippen LogP contribution in [0.2, 0.25) is 10.3 Å². The van der Waals surface area contributed by atoms with Crippen LogP contribution in [0, 0.1) is 30.6 Å². The second kappa shape index (κ2) is 4.78. The summed E-state index contributed by atoms with van der Waals surface area (Å²) in [4.78, 5) is 4.17. The summed E-state index contributed by atoms with van der Waals surface area (Å²) in [6.07, 6.45) is 7.09. The summed E-state index contributed by atoms with van der Waals surface area (Å²) in [5, 5.41) is 4.68. The van der Waals surface area contributed by atoms with Crippen molar-refractivity contribution in [1.29, 1.82) is 0 Å². The van der Waals surface area contributed by atoms with E-state index in [2.05, 4.69) is 10.3 Å². The van der Waals surface area contributed by atoms with E-state index in [9.17, 15) is 0 Å². The maximum absolute atomic E-state index is 6.27. The van der Waals surface area contributed by atoms with Crippen molar-refractivity contribution in [1.82, 2.24) is 4.98 Å². The predicted molar refractivity (Wildman–Crippen MR) is 83.4 cm³/mol. The number of halogens is 2. The van der Waals surface area contributed by atoms with Crippen molar-refractivity contribution >= 4 is 28.9 Å². The van der Waals surface area contributed by atoms with Gasteiger partial charge >= 0.3 is 0 Å². The molecule has 0 amide bonds. The van der Waals surface area contributed by atoms with Crippen LogP contribution in [0.4, 0.5) is 5.69 Å². The van der Waals surface area contributed by atoms with E-state index in [1.165, 1.54) is 32.1 Å². The third-order valence-corrected chi connectivity index (χ3v) is 6.37. The molecule has 20 heavy (non-hydrogen) atoms. The zero-order valence-corrected chi connectivity index (χ0v) is 13.2. The molecule has 3 saturated carbocycles. The number of hydrogen-bond donors (Lipinski definition) is 1. The van der Waals surface area contributed by atoms with E-state index >= 15 is 0 Å². The Morgan fingerprint density at radius 2 is 1.95 bits per heavy atom. The van der Waals surface area contributed by atoms with Gasteiger partial charge in [0.05, 0.1) is 5.69 Å². The Hall–Kier alpha value is -0.470. The van der Waals surface area contributed by atoms with Gasteiger partial charge in [-0.2, -0.15) is 0 Å². The lowest BCUT2D eigenvalue weighted by Crippen LogP contribution is -2.34. The standard InChI is InChI=1S/C16H20Cl2N2/c1-8-5-14(17)20-16(18)15(8)19-13-7-9-6-12(13)11-4-2-3-10(9)11/h5,9-13,19H,2-4,6-7H2,1H3. The molecule has 5 atom stereocenters. The Morgan fingerprint density at radius 3 is 2.75 bits per heavy atom. The average Bonchev–Trinajstić information content (AvgIpc) is 3.05. The molecule has 0 radical (unpaired) electrons. The minimum atomic E-state index is 0.474. The van der Waals surface area contributed by atoms with Gasteiger partial charge in [-0.15, -0.1) is 0 Å². The summed E-state index contributed by atoms with van der Waals surface area (Å²) in [5.74, 6) is 3.78. The third-order valence-electron chi connectivity index (χ3n) is 5.90. The van der Waals surface area contributed by atoms with Crippen molar-refractivity contribution in [3.05, 3.63) is 21.9 Å². The number of fused-ring (bicyclic) bond motifs is 5. The monoisotopic (exact) mass is 310 g/mol. The van der Waals surface area contributed by atoms with E-state index in [0.29, 0.717) is 16.3 Å². The van der Waals surface area contributed by atoms with Gasteiger partial charge in [-0.25, -0.2) is 4.98 Å². The summed E-state index contributed by atoms with van der Waals surface area (Å²) in [6.45, 7) is 2.05. The molecule has 1 N–H and O–H groups in total. The van der Waals surface area contributed by atoms with Gasteiger partial charge < -0.3 is 5.32 Å². The van der Waals surface area contributed by atoms with Crippen LogP contribution in [-0.4, -0.2) is 11.0 Å². The molecule has 4 rings (SSSR count). The molecular formula is C16H20Cl2N2. The number of nitrogens with one attached hydrogen (secondary N) is 1. The largest absolute Gasteiger partial charge is 0.379 e. The molecule has 3 aliphatic rings. The molecular weight excluding hydrogens is 291 g/mol. The number of pyridine rings is 1. The van der Waals surface area contributed by atoms with Gasteiger partial charge in [0.2, 0.25) is 0 Å². The number of aromatic nitrogens is 1. The van der Waals surface area contributed by atoms with Crippen molar-refractivity contribution in [2.45, 2.75) is 45.1 Å². The summed E-state index contributed by atoms with van der Waals surface area (Å²) >= 11 is 12.2. The fourth-order valence-corrected chi connectivity index (χ4v) is 5.77. The van der Waals surface area contributed by atoms with Crippen LogP contribution in [-0.2, 0) is 0 Å². The number of anilines is 1. The van der Waals surface area contributed by atoms with Crippen molar-refractivity contribution in [2.75, 3.05) is 5.32 Å². The molecule has 2 nitrogen and oxygen atoms in total. The van der Waals surface area contributed by atoms with Crippen LogP contribution >= 0.6 is 23.2 Å². The minimum absolute atomic E-state index is 0.474. The Morgan fingerprint density at radius 1 is 1.15 bits per heavy atom. The first kappa shape index (κ1) is 13.2. The van der Waals surface area contributed by atoms with Crippen molar-refractivity contribution < 1.29 is 0 Å². The molecule has 1 aromatic heterocycles. The van der Waals surface area contributed by atoms with E-state index in [1.54, 1.807) is 0 Å². The van der Waals surface area contributed by atoms with Crippen LogP contribution in [0.25, 0.3) is 0 Å². The molecule has 3 fully saturated rings. The summed E-state index contributed by atoms with van der Waals surface area (Å²) in [5.41, 5.74) is 2.09. The molecule has 3 aliphatic carbocycles. The zero-order chi connectivity index (χ0) is 13.9. The van der Waals surface area contributed by atoms with E-state index in [1.807, 2.05) is 13.0 Å². The average molecular weight is 311 g/mol. The van der Waals surface area contributed by atoms with Gasteiger partial charge in [-0.1, -0.05) is 29.6 Å². The first-order valence-electron chi connectivity index (χ1n) is 7.72. The lowest BCUT2D eigenvalue weighted by atomic mass is 9.79. The predicted octanol–water partition coefficient (Wildman–Crippen LogP) is 4.93. The van der Waals surface area contributed by atoms with Gasteiger partial charge in [0.15, 0.2) is 5.15 Å². The van der Waals surface area contributed by atoms with E-state index in [-0.39, 0.29) is 0 Å². The Bertz CT molecular complexity index is 522. The highest BCUT2D eigenvalue weighted by Crippen LogP contribution is 2.59. The highest BCUT2D eigenvalue weighted by Gasteiger charge is 2.53. The molecule has 0 aliphatic heterocycles. The first-order valence-corrected chi connectivity index (χ1v) is 8.48. The normalized spacial score (nSPS) is 38.2. The van der Waals surface area contributed by atoms with Crippen molar-refractivity contribution in [2.24, 2.45) is 23.7 Å². The Balaban J connectivity index is 1.56. The molecule has 0 spiro atoms. The quantitative estimate of drug-likeness (QED) is 0.783. The SMILES string of the molecule is Cc1cc(Cl)nc(Cl)c1NC1CC2CC1C1CCCC21. The summed E-state index contributed by atoms with van der Waals surface area (Å²) in [7, 11) is 0. The first-order chi connectivity index (χ1) is 9.63. The second-order valence-corrected chi connectivity index (χ2v) is 7.58. The van der Waals surface area contributed by atoms with Gasteiger partial charge in [-0.05, 0) is 67.9 Å². The van der Waals surface area contributed by atoms with Gasteiger partial charge in [0.1, 0.15) is 5.15 Å². The van der Waals surface area contributed by atoms with E-state index < -0.39 is 0 Å². The smallest absolute Gasteiger partial charge is 0.154 e. The molecule has 1 heterocycles. The Labute approximate surface area is 130 Å². The highest BCUT2D eigenvalue weighted by molar-refractivity contribution is 6.34. The second-order valence-electron chi connectivity index (χ2n) is 6.83. The lowest BCUT2D eigenvalue weighted by Gasteiger charge is -2.33. The van der Waals surface area contributed by atoms with Gasteiger partial charge in [0.25, 0.3) is 0 Å². The number of nitrogens with zero attached hydrogens (tertiary/aromatic N) is 1. The van der Waals surface area contributed by atoms with Gasteiger partial charge in [-0.3, -0.25) is 0 Å². The maximum atomic E-state index is 6.27. The van der Waals surface area contributed by atoms with Crippen molar-refractivity contribution in [3.63, 3.8) is 0 Å². The maximum Gasteiger partial charge on any atom is 0.154 e. The molecule has 1 aromatic rings. The summed E-state index contributed by atoms with van der Waals surface area (Å²) in [6, 6.07) is 2.47. The number of aryl methyl sites for hydroxylation is 1. The zero-order valence-electron chi connectivity index (χ0n) is 11.7. The molecule has 0 saturated heterocycles. The molecule has 4 heteroatoms. The fourth-order valence-electron chi connectivity index (χ4n) is 5.19. The number of hydrogen-bond acceptors (Lipinski definition) is 2. The fraction of sp³-hybridized carbons (Fsp3) is 0.688. The van der Waals surface area contributed by atoms with Crippen LogP contribution in [0.1, 0.15) is 37.7 Å². The molecule has 0 aromatic carbocycles. The van der Waals surface area contributed by atoms with Crippen molar-refractivity contribution in [3.8, 4) is 0 Å². The van der Waals surface area contributed by atoms with E-state index in [4.69, 9.17) is 23.2 Å². The van der Waals surface area contributed by atoms with Crippen LogP contribution < -0.4 is 5.32 Å². The molecule has 5 unspecified atom stereocenters. The topological polar surface area (TPSA) is 24.9 Å². The van der Waals surface area contributed by atoms with Gasteiger partial charge in [0, 0.05) is 6.04 Å². The number of rotatable bonds is 2. The minimum Gasteiger partial charge on any atom is -0.379 e. The van der Waals surface area contributed by atoms with E-state index in [0.717, 1.165) is 34.9 Å². The van der Waals surface area contributed by atoms with Crippen LogP contribution in [0.5, 0.6) is 0 Å². The molecule has 2 bridgehead atoms. The van der Waals surface area contributed by atoms with Crippen LogP contribution in [0.3, 0.4) is 0 Å². The Kier molecular flexibility index (Phi) is 3.15. The highest BCUT2D eigenvalue weighted by atomic mass is 35.5.